The highest BCUT2D eigenvalue weighted by atomic mass is 16.5. The molecule has 0 aliphatic carbocycles. The molecule has 0 spiro atoms. The average Bonchev–Trinajstić information content (AvgIpc) is 3.99. The number of urea groups is 1. The zero-order valence-corrected chi connectivity index (χ0v) is 37.2. The first kappa shape index (κ1) is 42.1. The number of ether oxygens (including phenoxy) is 2. The number of methoxy groups -OCH3 is 1. The number of carbonyl (C=O) groups excluding carboxylic acids is 3. The van der Waals surface area contributed by atoms with E-state index in [4.69, 9.17) is 19.6 Å². The molecule has 3 saturated heterocycles. The lowest BCUT2D eigenvalue weighted by atomic mass is 9.89. The third-order valence-electron chi connectivity index (χ3n) is 13.1. The maximum Gasteiger partial charge on any atom is 0.353 e. The van der Waals surface area contributed by atoms with Gasteiger partial charge in [0.2, 0.25) is 11.8 Å². The number of imide groups is 1. The number of fused-ring (bicyclic) bond motifs is 1. The van der Waals surface area contributed by atoms with Crippen molar-refractivity contribution in [2.75, 3.05) is 48.0 Å². The smallest absolute Gasteiger partial charge is 0.353 e. The fourth-order valence-corrected chi connectivity index (χ4v) is 9.75. The van der Waals surface area contributed by atoms with Crippen LogP contribution in [0.5, 0.6) is 17.5 Å². The van der Waals surface area contributed by atoms with E-state index < -0.39 is 5.92 Å². The molecule has 3 aromatic carbocycles. The van der Waals surface area contributed by atoms with Crippen LogP contribution in [-0.2, 0) is 30.1 Å². The van der Waals surface area contributed by atoms with E-state index in [0.29, 0.717) is 67.0 Å². The second kappa shape index (κ2) is 17.3. The van der Waals surface area contributed by atoms with Gasteiger partial charge < -0.3 is 14.4 Å². The van der Waals surface area contributed by atoms with E-state index in [9.17, 15) is 19.2 Å². The van der Waals surface area contributed by atoms with Gasteiger partial charge in [0.05, 0.1) is 47.5 Å². The monoisotopic (exact) mass is 887 g/mol. The number of aryl methyl sites for hydroxylation is 2. The summed E-state index contributed by atoms with van der Waals surface area (Å²) < 4.78 is 16.8. The summed E-state index contributed by atoms with van der Waals surface area (Å²) >= 11 is 0. The molecular weight excluding hydrogens is 839 g/mol. The molecule has 3 fully saturated rings. The Balaban J connectivity index is 0.916. The second-order valence-corrected chi connectivity index (χ2v) is 16.8. The van der Waals surface area contributed by atoms with Crippen LogP contribution in [0.25, 0.3) is 27.7 Å². The zero-order valence-electron chi connectivity index (χ0n) is 37.2. The summed E-state index contributed by atoms with van der Waals surface area (Å²) in [5, 5.41) is 12.5. The Morgan fingerprint density at radius 2 is 1.59 bits per heavy atom. The summed E-state index contributed by atoms with van der Waals surface area (Å²) in [6.45, 7) is 4.68. The van der Waals surface area contributed by atoms with Gasteiger partial charge in [0.1, 0.15) is 17.3 Å². The Kier molecular flexibility index (Phi) is 11.0. The molecule has 0 radical (unpaired) electrons. The van der Waals surface area contributed by atoms with E-state index >= 15 is 0 Å². The third kappa shape index (κ3) is 7.48. The molecule has 17 nitrogen and oxygen atoms in total. The number of amides is 4. The quantitative estimate of drug-likeness (QED) is 0.138. The molecule has 66 heavy (non-hydrogen) atoms. The minimum Gasteiger partial charge on any atom is -0.467 e. The van der Waals surface area contributed by atoms with Crippen LogP contribution in [0.1, 0.15) is 61.3 Å². The van der Waals surface area contributed by atoms with Crippen LogP contribution in [0.2, 0.25) is 0 Å². The molecule has 1 atom stereocenters. The number of aromatic nitrogens is 7. The van der Waals surface area contributed by atoms with Gasteiger partial charge >= 0.3 is 17.7 Å². The van der Waals surface area contributed by atoms with Crippen molar-refractivity contribution in [1.29, 1.82) is 0 Å². The summed E-state index contributed by atoms with van der Waals surface area (Å²) in [4.78, 5) is 66.6. The lowest BCUT2D eigenvalue weighted by Crippen LogP contribution is -2.39. The highest BCUT2D eigenvalue weighted by Crippen LogP contribution is 2.42. The van der Waals surface area contributed by atoms with E-state index in [1.807, 2.05) is 79.3 Å². The molecule has 1 unspecified atom stereocenters. The predicted molar refractivity (Wildman–Crippen MR) is 249 cm³/mol. The molecule has 1 N–H and O–H groups in total. The van der Waals surface area contributed by atoms with Gasteiger partial charge in [-0.05, 0) is 91.3 Å². The number of nitrogens with one attached hydrogen (secondary N) is 1. The lowest BCUT2D eigenvalue weighted by molar-refractivity contribution is -0.134. The summed E-state index contributed by atoms with van der Waals surface area (Å²) in [6, 6.07) is 25.5. The van der Waals surface area contributed by atoms with Crippen molar-refractivity contribution in [1.82, 2.24) is 39.4 Å². The first-order valence-electron chi connectivity index (χ1n) is 22.3. The number of nitrogens with zero attached hydrogens (tertiary/aromatic N) is 10. The molecule has 3 aliphatic rings. The molecule has 0 saturated carbocycles. The first-order valence-corrected chi connectivity index (χ1v) is 22.3. The van der Waals surface area contributed by atoms with Gasteiger partial charge in [0, 0.05) is 81.7 Å². The molecule has 0 bridgehead atoms. The number of benzene rings is 3. The van der Waals surface area contributed by atoms with Crippen LogP contribution < -0.4 is 35.2 Å². The normalized spacial score (nSPS) is 16.9. The van der Waals surface area contributed by atoms with Crippen molar-refractivity contribution >= 4 is 45.9 Å². The van der Waals surface area contributed by atoms with Gasteiger partial charge in [-0.1, -0.05) is 31.2 Å². The van der Waals surface area contributed by atoms with Crippen LogP contribution in [0.3, 0.4) is 0 Å². The van der Waals surface area contributed by atoms with Crippen molar-refractivity contribution in [3.63, 3.8) is 0 Å². The minimum atomic E-state index is -0.459. The van der Waals surface area contributed by atoms with Crippen LogP contribution in [0, 0.1) is 0 Å². The van der Waals surface area contributed by atoms with E-state index in [0.717, 1.165) is 64.9 Å². The largest absolute Gasteiger partial charge is 0.467 e. The van der Waals surface area contributed by atoms with Gasteiger partial charge in [-0.25, -0.2) is 23.8 Å². The van der Waals surface area contributed by atoms with Gasteiger partial charge in [-0.15, -0.1) is 5.10 Å². The molecule has 4 aromatic heterocycles. The Hall–Kier alpha value is -7.82. The van der Waals surface area contributed by atoms with Gasteiger partial charge in [-0.2, -0.15) is 5.10 Å². The van der Waals surface area contributed by atoms with E-state index in [1.165, 1.54) is 21.9 Å². The second-order valence-electron chi connectivity index (χ2n) is 16.8. The van der Waals surface area contributed by atoms with Gasteiger partial charge in [-0.3, -0.25) is 34.4 Å². The highest BCUT2D eigenvalue weighted by Gasteiger charge is 2.35. The Morgan fingerprint density at radius 1 is 0.788 bits per heavy atom. The molecule has 10 rings (SSSR count). The Labute approximate surface area is 380 Å². The minimum absolute atomic E-state index is 0.136. The first-order chi connectivity index (χ1) is 32.1. The fourth-order valence-electron chi connectivity index (χ4n) is 9.75. The molecule has 336 valence electrons. The number of hydrogen-bond acceptors (Lipinski definition) is 11. The van der Waals surface area contributed by atoms with Crippen LogP contribution in [0.15, 0.2) is 102 Å². The Bertz CT molecular complexity index is 3060. The summed E-state index contributed by atoms with van der Waals surface area (Å²) in [7, 11) is 4.96. The van der Waals surface area contributed by atoms with Crippen molar-refractivity contribution in [3.8, 4) is 34.3 Å². The van der Waals surface area contributed by atoms with Gasteiger partial charge in [0.25, 0.3) is 0 Å². The standard InChI is InChI=1S/C49H49N11O6/c1-5-35-36(19-23-51-45(35)59-27-26-58(49(59)64)33-8-7-22-50-29-33)37-16-13-32(60-47(65-4)54-56(3)48(60)63)28-41(37)66-34-14-11-30(12-15-34)31-20-24-57(25-21-31)40-10-6-9-38-43(53-55(2)44(38)40)39-17-18-42(61)52-46(39)62/h6-16,19,22-23,28-29,31,39H,5,17-18,20-21,24-27H2,1-4H3,(H,52,61,62). The number of carbonyl (C=O) groups is 3. The predicted octanol–water partition coefficient (Wildman–Crippen LogP) is 6.63. The maximum absolute atomic E-state index is 13.9. The molecule has 7 heterocycles. The number of pyridine rings is 2. The number of para-hydroxylation sites is 1. The van der Waals surface area contributed by atoms with E-state index in [-0.39, 0.29) is 29.5 Å². The lowest BCUT2D eigenvalue weighted by Gasteiger charge is -2.34. The van der Waals surface area contributed by atoms with E-state index in [2.05, 4.69) is 38.5 Å². The number of anilines is 3. The van der Waals surface area contributed by atoms with Crippen LogP contribution in [0.4, 0.5) is 22.0 Å². The van der Waals surface area contributed by atoms with E-state index in [1.54, 1.807) is 35.4 Å². The molecular formula is C49H49N11O6. The number of rotatable bonds is 11. The number of hydrogen-bond donors (Lipinski definition) is 1. The van der Waals surface area contributed by atoms with Gasteiger partial charge in [0.15, 0.2) is 0 Å². The highest BCUT2D eigenvalue weighted by molar-refractivity contribution is 6.06. The molecule has 7 aromatic rings. The van der Waals surface area contributed by atoms with Crippen molar-refractivity contribution in [3.05, 3.63) is 125 Å². The van der Waals surface area contributed by atoms with Crippen molar-refractivity contribution in [2.45, 2.75) is 50.9 Å². The molecule has 3 aliphatic heterocycles. The maximum atomic E-state index is 13.9. The molecule has 4 amide bonds. The average molecular weight is 888 g/mol. The summed E-state index contributed by atoms with van der Waals surface area (Å²) in [5.41, 5.74) is 7.34. The van der Waals surface area contributed by atoms with Crippen molar-refractivity contribution < 1.29 is 23.9 Å². The zero-order chi connectivity index (χ0) is 45.6. The Morgan fingerprint density at radius 3 is 2.33 bits per heavy atom. The van der Waals surface area contributed by atoms with Crippen molar-refractivity contribution in [2.24, 2.45) is 14.1 Å². The number of piperidine rings is 2. The van der Waals surface area contributed by atoms with Crippen LogP contribution >= 0.6 is 0 Å². The summed E-state index contributed by atoms with van der Waals surface area (Å²) in [5.74, 6) is 1.03. The topological polar surface area (TPSA) is 175 Å². The third-order valence-corrected chi connectivity index (χ3v) is 13.1. The SMILES string of the molecule is CCc1c(-c2ccc(-n3c(OC)nn(C)c3=O)cc2Oc2ccc(C3CCN(c4cccc5c(C6CCC(=O)NC6=O)nn(C)c45)CC3)cc2)ccnc1N1CCN(c2cccnc2)C1=O. The molecule has 17 heteroatoms. The fraction of sp³-hybridized carbons (Fsp3) is 0.306. The van der Waals surface area contributed by atoms with Crippen LogP contribution in [-0.4, -0.2) is 85.2 Å². The summed E-state index contributed by atoms with van der Waals surface area (Å²) in [6.07, 6.45) is 8.29.